The molecule has 0 spiro atoms. The molecule has 3 N–H and O–H groups in total. The summed E-state index contributed by atoms with van der Waals surface area (Å²) in [5.41, 5.74) is 3.05. The molecule has 406 valence electrons. The first kappa shape index (κ1) is 50.5. The molecule has 15 nitrogen and oxygen atoms in total. The zero-order chi connectivity index (χ0) is 52.7. The van der Waals surface area contributed by atoms with E-state index in [1.54, 1.807) is 23.2 Å². The number of likely N-dealkylation sites (tertiary alicyclic amines) is 2. The lowest BCUT2D eigenvalue weighted by atomic mass is 9.87. The molecular weight excluding hydrogens is 986 g/mol. The monoisotopic (exact) mass is 1050 g/mol. The topological polar surface area (TPSA) is 160 Å². The van der Waals surface area contributed by atoms with Crippen molar-refractivity contribution in [1.29, 1.82) is 0 Å². The van der Waals surface area contributed by atoms with Gasteiger partial charge in [-0.2, -0.15) is 9.97 Å². The van der Waals surface area contributed by atoms with E-state index in [1.807, 2.05) is 13.0 Å². The molecule has 5 aromatic rings. The number of ether oxygens (including phenoxy) is 1. The molecule has 0 aliphatic carbocycles. The highest BCUT2D eigenvalue weighted by atomic mass is 19.1. The number of imide groups is 1. The van der Waals surface area contributed by atoms with E-state index in [1.165, 1.54) is 30.5 Å². The average molecular weight is 1060 g/mol. The number of hydrogen-bond acceptors (Lipinski definition) is 13. The molecule has 13 rings (SSSR count). The Morgan fingerprint density at radius 3 is 2.42 bits per heavy atom. The number of alkyl halides is 1. The first-order valence-corrected chi connectivity index (χ1v) is 28.4. The number of halogens is 3. The van der Waals surface area contributed by atoms with Gasteiger partial charge in [0.2, 0.25) is 11.8 Å². The summed E-state index contributed by atoms with van der Waals surface area (Å²) in [5.74, 6) is 0.0182. The number of carbonyl (C=O) groups is 3. The SMILES string of the molecule is CCc1c(F)ccc2cc(O)cc(-c3ncc4c(N5C[C@H]6CC[C@@H](C5)N6)nc(OC[C@]56C[C@@H](F)CN5C[C@@H](CCN5CCC(CN7CCC(c8ccc9c(c8)CN(C8CCC(=O)NC8=O)C9=O)CC7)CC5)C6)nc4c3F)c12. The summed E-state index contributed by atoms with van der Waals surface area (Å²) in [6, 6.07) is 12.1. The van der Waals surface area contributed by atoms with Crippen LogP contribution in [0.5, 0.6) is 11.8 Å². The molecule has 7 saturated heterocycles. The van der Waals surface area contributed by atoms with Gasteiger partial charge in [-0.3, -0.25) is 29.6 Å². The van der Waals surface area contributed by atoms with E-state index in [0.717, 1.165) is 89.9 Å². The number of fused-ring (bicyclic) bond motifs is 6. The van der Waals surface area contributed by atoms with Crippen LogP contribution in [0.1, 0.15) is 111 Å². The predicted molar refractivity (Wildman–Crippen MR) is 285 cm³/mol. The van der Waals surface area contributed by atoms with Crippen LogP contribution in [0.15, 0.2) is 48.7 Å². The second kappa shape index (κ2) is 20.4. The Labute approximate surface area is 446 Å². The zero-order valence-corrected chi connectivity index (χ0v) is 43.9. The van der Waals surface area contributed by atoms with E-state index in [4.69, 9.17) is 14.7 Å². The van der Waals surface area contributed by atoms with Crippen LogP contribution in [0.2, 0.25) is 0 Å². The van der Waals surface area contributed by atoms with Gasteiger partial charge in [-0.15, -0.1) is 0 Å². The van der Waals surface area contributed by atoms with Crippen LogP contribution in [-0.2, 0) is 22.6 Å². The van der Waals surface area contributed by atoms with Crippen molar-refractivity contribution >= 4 is 45.2 Å². The van der Waals surface area contributed by atoms with Crippen molar-refractivity contribution in [3.63, 3.8) is 0 Å². The summed E-state index contributed by atoms with van der Waals surface area (Å²) in [6.45, 7) is 11.3. The molecule has 1 unspecified atom stereocenters. The number of benzene rings is 3. The van der Waals surface area contributed by atoms with Crippen LogP contribution >= 0.6 is 0 Å². The van der Waals surface area contributed by atoms with E-state index in [9.17, 15) is 19.5 Å². The highest BCUT2D eigenvalue weighted by molar-refractivity contribution is 6.05. The third kappa shape index (κ3) is 9.58. The van der Waals surface area contributed by atoms with Crippen LogP contribution in [0.4, 0.5) is 19.0 Å². The molecule has 10 heterocycles. The van der Waals surface area contributed by atoms with Crippen molar-refractivity contribution < 1.29 is 37.4 Å². The minimum atomic E-state index is -0.972. The first-order valence-electron chi connectivity index (χ1n) is 28.4. The van der Waals surface area contributed by atoms with Gasteiger partial charge in [0.1, 0.15) is 47.4 Å². The fourth-order valence-electron chi connectivity index (χ4n) is 15.0. The number of nitrogens with zero attached hydrogens (tertiary/aromatic N) is 8. The first-order chi connectivity index (χ1) is 37.3. The zero-order valence-electron chi connectivity index (χ0n) is 43.9. The minimum absolute atomic E-state index is 0.0298. The third-order valence-electron chi connectivity index (χ3n) is 18.9. The van der Waals surface area contributed by atoms with Gasteiger partial charge in [-0.05, 0) is 166 Å². The number of rotatable bonds is 13. The summed E-state index contributed by atoms with van der Waals surface area (Å²) in [6.07, 6.45) is 10.3. The number of nitrogens with one attached hydrogen (secondary N) is 2. The Morgan fingerprint density at radius 2 is 1.64 bits per heavy atom. The van der Waals surface area contributed by atoms with E-state index < -0.39 is 29.4 Å². The smallest absolute Gasteiger partial charge is 0.319 e. The van der Waals surface area contributed by atoms with Crippen LogP contribution in [0, 0.1) is 23.5 Å². The van der Waals surface area contributed by atoms with E-state index in [-0.39, 0.29) is 71.4 Å². The van der Waals surface area contributed by atoms with Crippen molar-refractivity contribution in [3.8, 4) is 23.0 Å². The number of carbonyl (C=O) groups excluding carboxylic acids is 3. The lowest BCUT2D eigenvalue weighted by Crippen LogP contribution is -2.52. The number of aromatic nitrogens is 3. The molecule has 0 saturated carbocycles. The number of amides is 3. The number of pyridine rings is 1. The highest BCUT2D eigenvalue weighted by Crippen LogP contribution is 2.45. The number of piperazine rings is 1. The summed E-state index contributed by atoms with van der Waals surface area (Å²) < 4.78 is 54.6. The fourth-order valence-corrected chi connectivity index (χ4v) is 15.0. The van der Waals surface area contributed by atoms with Gasteiger partial charge in [-0.1, -0.05) is 25.1 Å². The summed E-state index contributed by atoms with van der Waals surface area (Å²) in [7, 11) is 0. The van der Waals surface area contributed by atoms with Crippen LogP contribution < -0.4 is 20.3 Å². The number of anilines is 1. The van der Waals surface area contributed by atoms with Gasteiger partial charge in [0, 0.05) is 81.5 Å². The molecule has 0 radical (unpaired) electrons. The van der Waals surface area contributed by atoms with Crippen molar-refractivity contribution in [2.75, 3.05) is 77.0 Å². The molecule has 6 atom stereocenters. The largest absolute Gasteiger partial charge is 0.508 e. The van der Waals surface area contributed by atoms with Crippen molar-refractivity contribution in [2.24, 2.45) is 11.8 Å². The summed E-state index contributed by atoms with van der Waals surface area (Å²) >= 11 is 0. The van der Waals surface area contributed by atoms with Gasteiger partial charge >= 0.3 is 6.01 Å². The van der Waals surface area contributed by atoms with Crippen molar-refractivity contribution in [3.05, 3.63) is 82.5 Å². The number of aromatic hydroxyl groups is 1. The molecular formula is C59H69F3N10O5. The van der Waals surface area contributed by atoms with Crippen molar-refractivity contribution in [2.45, 2.75) is 126 Å². The lowest BCUT2D eigenvalue weighted by Gasteiger charge is -2.38. The molecule has 77 heavy (non-hydrogen) atoms. The molecule has 18 heteroatoms. The summed E-state index contributed by atoms with van der Waals surface area (Å²) in [5, 5.41) is 18.4. The lowest BCUT2D eigenvalue weighted by molar-refractivity contribution is -0.136. The van der Waals surface area contributed by atoms with E-state index in [0.29, 0.717) is 96.3 Å². The number of aryl methyl sites for hydroxylation is 1. The normalized spacial score (nSPS) is 27.6. The van der Waals surface area contributed by atoms with Gasteiger partial charge in [0.15, 0.2) is 5.82 Å². The highest BCUT2D eigenvalue weighted by Gasteiger charge is 2.53. The number of piperidine rings is 3. The van der Waals surface area contributed by atoms with Gasteiger partial charge in [-0.25, -0.2) is 13.2 Å². The van der Waals surface area contributed by atoms with Gasteiger partial charge in [0.25, 0.3) is 5.91 Å². The van der Waals surface area contributed by atoms with Gasteiger partial charge in [0.05, 0.1) is 10.9 Å². The quantitative estimate of drug-likeness (QED) is 0.101. The second-order valence-corrected chi connectivity index (χ2v) is 23.8. The molecule has 3 amide bonds. The maximum absolute atomic E-state index is 17.3. The molecule has 2 bridgehead atoms. The molecule has 8 aliphatic rings. The standard InChI is InChI=1S/C59H69F3N10O5/c1-2-44-48(61)8-4-38-22-43(73)23-46(51(38)44)53-52(62)54-47(26-63-53)55(70-31-41-5-6-42(32-70)64-41)67-58(66-54)77-33-59-24-35(28-71(59)30-40(60)25-59)13-18-68-16-11-34(12-17-68)27-69-19-14-36(15-20-69)37-3-7-45-39(21-37)29-72(57(45)76)49-9-10-50(74)65-56(49)75/h3-4,7-8,21-23,26,34-36,40-42,49,64,73H,2,5-6,9-20,24-25,27-33H2,1H3,(H,65,74,75)/t35-,40+,41-,42+,49?,59-/m0/s1. The Balaban J connectivity index is 0.634. The average Bonchev–Trinajstić information content (AvgIpc) is 4.20. The predicted octanol–water partition coefficient (Wildman–Crippen LogP) is 7.26. The number of hydrogen-bond donors (Lipinski definition) is 3. The third-order valence-corrected chi connectivity index (χ3v) is 18.9. The molecule has 8 aliphatic heterocycles. The van der Waals surface area contributed by atoms with Crippen LogP contribution in [-0.4, -0.2) is 159 Å². The van der Waals surface area contributed by atoms with Gasteiger partial charge < -0.3 is 34.8 Å². The molecule has 3 aromatic carbocycles. The van der Waals surface area contributed by atoms with E-state index in [2.05, 4.69) is 47.3 Å². The Hall–Kier alpha value is -5.95. The minimum Gasteiger partial charge on any atom is -0.508 e. The van der Waals surface area contributed by atoms with Crippen LogP contribution in [0.3, 0.4) is 0 Å². The fraction of sp³-hybridized carbons (Fsp3) is 0.559. The number of phenols is 1. The van der Waals surface area contributed by atoms with Crippen LogP contribution in [0.25, 0.3) is 32.9 Å². The Kier molecular flexibility index (Phi) is 13.4. The molecule has 7 fully saturated rings. The second-order valence-electron chi connectivity index (χ2n) is 23.8. The maximum Gasteiger partial charge on any atom is 0.319 e. The maximum atomic E-state index is 17.3. The van der Waals surface area contributed by atoms with E-state index >= 15 is 13.2 Å². The number of phenolic OH excluding ortho intramolecular Hbond substituents is 1. The van der Waals surface area contributed by atoms with Crippen molar-refractivity contribution in [1.82, 2.24) is 45.2 Å². The Morgan fingerprint density at radius 1 is 0.844 bits per heavy atom. The summed E-state index contributed by atoms with van der Waals surface area (Å²) in [4.78, 5) is 63.2. The Bertz CT molecular complexity index is 3140. The molecule has 2 aromatic heterocycles.